The summed E-state index contributed by atoms with van der Waals surface area (Å²) in [4.78, 5) is 2.96. The average molecular weight is 160 g/mol. The molecular weight excluding hydrogens is 152 g/mol. The molecule has 2 aromatic rings. The van der Waals surface area contributed by atoms with E-state index in [9.17, 15) is 0 Å². The van der Waals surface area contributed by atoms with E-state index in [0.29, 0.717) is 0 Å². The molecule has 0 radical (unpaired) electrons. The van der Waals surface area contributed by atoms with Gasteiger partial charge in [0, 0.05) is 18.5 Å². The van der Waals surface area contributed by atoms with Crippen molar-refractivity contribution in [1.82, 2.24) is 10.1 Å². The largest absolute Gasteiger partial charge is 0.367 e. The maximum atomic E-state index is 4.88. The molecule has 0 aliphatic heterocycles. The fourth-order valence-corrected chi connectivity index (χ4v) is 0.930. The summed E-state index contributed by atoms with van der Waals surface area (Å²) in [5, 5.41) is 3.59. The van der Waals surface area contributed by atoms with Crippen molar-refractivity contribution in [3.05, 3.63) is 42.0 Å². The summed E-state index contributed by atoms with van der Waals surface area (Å²) in [5.74, 6) is 0.760. The molecule has 0 aliphatic carbocycles. The minimum absolute atomic E-state index is 0.760. The van der Waals surface area contributed by atoms with Crippen LogP contribution < -0.4 is 0 Å². The smallest absolute Gasteiger partial charge is 0.159 e. The zero-order valence-corrected chi connectivity index (χ0v) is 6.40. The van der Waals surface area contributed by atoms with Crippen molar-refractivity contribution in [2.75, 3.05) is 0 Å². The van der Waals surface area contributed by atoms with Gasteiger partial charge < -0.3 is 9.51 Å². The summed E-state index contributed by atoms with van der Waals surface area (Å²) in [6.45, 7) is 0. The van der Waals surface area contributed by atoms with Crippen molar-refractivity contribution >= 4 is 12.2 Å². The number of H-pyrrole nitrogens is 1. The topological polar surface area (TPSA) is 41.8 Å². The number of rotatable bonds is 2. The van der Waals surface area contributed by atoms with Crippen LogP contribution in [0.2, 0.25) is 0 Å². The van der Waals surface area contributed by atoms with Gasteiger partial charge in [-0.2, -0.15) is 0 Å². The van der Waals surface area contributed by atoms with Crippen LogP contribution in [0.4, 0.5) is 0 Å². The number of aromatic nitrogens is 2. The maximum Gasteiger partial charge on any atom is 0.159 e. The van der Waals surface area contributed by atoms with Crippen LogP contribution >= 0.6 is 0 Å². The Labute approximate surface area is 69.7 Å². The highest BCUT2D eigenvalue weighted by Gasteiger charge is 1.89. The molecule has 3 nitrogen and oxygen atoms in total. The van der Waals surface area contributed by atoms with Gasteiger partial charge in [0.05, 0.1) is 6.20 Å². The fourth-order valence-electron chi connectivity index (χ4n) is 0.930. The summed E-state index contributed by atoms with van der Waals surface area (Å²) < 4.78 is 4.88. The van der Waals surface area contributed by atoms with Gasteiger partial charge in [0.2, 0.25) is 0 Å². The van der Waals surface area contributed by atoms with Crippen LogP contribution in [0.3, 0.4) is 0 Å². The summed E-state index contributed by atoms with van der Waals surface area (Å²) in [7, 11) is 0. The molecule has 0 aromatic carbocycles. The van der Waals surface area contributed by atoms with Crippen LogP contribution in [0.15, 0.2) is 35.2 Å². The Kier molecular flexibility index (Phi) is 1.78. The molecule has 3 heteroatoms. The second-order valence-electron chi connectivity index (χ2n) is 2.39. The van der Waals surface area contributed by atoms with Crippen LogP contribution in [0.1, 0.15) is 11.3 Å². The first kappa shape index (κ1) is 6.91. The normalized spacial score (nSPS) is 11.0. The minimum atomic E-state index is 0.760. The van der Waals surface area contributed by atoms with Gasteiger partial charge in [-0.15, -0.1) is 0 Å². The van der Waals surface area contributed by atoms with Crippen LogP contribution in [0.5, 0.6) is 0 Å². The number of hydrogen-bond acceptors (Lipinski definition) is 2. The highest BCUT2D eigenvalue weighted by Crippen LogP contribution is 2.05. The molecule has 0 saturated heterocycles. The molecular formula is C9H8N2O. The van der Waals surface area contributed by atoms with Crippen LogP contribution in [0, 0.1) is 0 Å². The summed E-state index contributed by atoms with van der Waals surface area (Å²) in [6, 6.07) is 3.79. The average Bonchev–Trinajstić information content (AvgIpc) is 2.74. The fraction of sp³-hybridized carbons (Fsp3) is 0. The van der Waals surface area contributed by atoms with Gasteiger partial charge in [0.25, 0.3) is 0 Å². The highest BCUT2D eigenvalue weighted by atomic mass is 16.5. The van der Waals surface area contributed by atoms with Crippen LogP contribution in [0.25, 0.3) is 12.2 Å². The number of nitrogens with zero attached hydrogens (tertiary/aromatic N) is 1. The molecule has 0 atom stereocenters. The maximum absolute atomic E-state index is 4.88. The van der Waals surface area contributed by atoms with Crippen molar-refractivity contribution in [2.24, 2.45) is 0 Å². The Morgan fingerprint density at radius 2 is 2.33 bits per heavy atom. The molecule has 0 saturated carbocycles. The number of nitrogens with one attached hydrogen (secondary N) is 1. The number of hydrogen-bond donors (Lipinski definition) is 1. The Morgan fingerprint density at radius 3 is 3.00 bits per heavy atom. The third-order valence-corrected chi connectivity index (χ3v) is 1.52. The van der Waals surface area contributed by atoms with E-state index in [-0.39, 0.29) is 0 Å². The van der Waals surface area contributed by atoms with Crippen LogP contribution in [-0.2, 0) is 0 Å². The Bertz CT molecular complexity index is 310. The van der Waals surface area contributed by atoms with E-state index in [1.807, 2.05) is 36.7 Å². The first-order valence-corrected chi connectivity index (χ1v) is 3.67. The van der Waals surface area contributed by atoms with Crippen molar-refractivity contribution in [2.45, 2.75) is 0 Å². The summed E-state index contributed by atoms with van der Waals surface area (Å²) >= 11 is 0. The van der Waals surface area contributed by atoms with Gasteiger partial charge >= 0.3 is 0 Å². The molecule has 0 bridgehead atoms. The van der Waals surface area contributed by atoms with E-state index in [2.05, 4.69) is 10.1 Å². The van der Waals surface area contributed by atoms with Gasteiger partial charge in [-0.05, 0) is 23.8 Å². The van der Waals surface area contributed by atoms with Gasteiger partial charge in [-0.25, -0.2) is 0 Å². The van der Waals surface area contributed by atoms with E-state index < -0.39 is 0 Å². The molecule has 0 unspecified atom stereocenters. The van der Waals surface area contributed by atoms with Gasteiger partial charge in [0.1, 0.15) is 0 Å². The van der Waals surface area contributed by atoms with E-state index in [1.165, 1.54) is 0 Å². The number of aromatic amines is 1. The first-order valence-electron chi connectivity index (χ1n) is 3.67. The molecule has 60 valence electrons. The molecule has 1 N–H and O–H groups in total. The Hall–Kier alpha value is -1.77. The van der Waals surface area contributed by atoms with E-state index >= 15 is 0 Å². The van der Waals surface area contributed by atoms with Crippen LogP contribution in [-0.4, -0.2) is 10.1 Å². The molecule has 12 heavy (non-hydrogen) atoms. The molecule has 2 aromatic heterocycles. The molecule has 0 aliphatic rings. The summed E-state index contributed by atoms with van der Waals surface area (Å²) in [5.41, 5.74) is 1.12. The van der Waals surface area contributed by atoms with Crippen molar-refractivity contribution in [3.8, 4) is 0 Å². The van der Waals surface area contributed by atoms with E-state index in [1.54, 1.807) is 6.20 Å². The second kappa shape index (κ2) is 3.09. The Balaban J connectivity index is 2.14. The van der Waals surface area contributed by atoms with Crippen molar-refractivity contribution < 1.29 is 4.52 Å². The van der Waals surface area contributed by atoms with Crippen molar-refractivity contribution in [3.63, 3.8) is 0 Å². The van der Waals surface area contributed by atoms with Gasteiger partial charge in [0.15, 0.2) is 5.76 Å². The first-order chi connectivity index (χ1) is 5.95. The molecule has 2 rings (SSSR count). The third-order valence-electron chi connectivity index (χ3n) is 1.52. The van der Waals surface area contributed by atoms with E-state index in [0.717, 1.165) is 11.3 Å². The van der Waals surface area contributed by atoms with E-state index in [4.69, 9.17) is 4.52 Å². The lowest BCUT2D eigenvalue weighted by Gasteiger charge is -1.80. The molecule has 0 amide bonds. The predicted molar refractivity (Wildman–Crippen MR) is 46.2 cm³/mol. The zero-order chi connectivity index (χ0) is 8.23. The monoisotopic (exact) mass is 160 g/mol. The zero-order valence-electron chi connectivity index (χ0n) is 6.40. The lowest BCUT2D eigenvalue weighted by atomic mass is 10.3. The molecule has 0 fully saturated rings. The second-order valence-corrected chi connectivity index (χ2v) is 2.39. The quantitative estimate of drug-likeness (QED) is 0.731. The lowest BCUT2D eigenvalue weighted by Crippen LogP contribution is -1.62. The predicted octanol–water partition coefficient (Wildman–Crippen LogP) is 2.17. The Morgan fingerprint density at radius 1 is 1.33 bits per heavy atom. The molecule has 0 spiro atoms. The molecule has 2 heterocycles. The standard InChI is InChI=1S/C9H8N2O/c1(8-3-5-10-7-8)2-9-4-6-11-12-9/h1-7,10H. The minimum Gasteiger partial charge on any atom is -0.367 e. The van der Waals surface area contributed by atoms with Gasteiger partial charge in [-0.3, -0.25) is 0 Å². The third kappa shape index (κ3) is 1.45. The summed E-state index contributed by atoms with van der Waals surface area (Å²) in [6.07, 6.45) is 9.23. The van der Waals surface area contributed by atoms with Crippen molar-refractivity contribution in [1.29, 1.82) is 0 Å². The SMILES string of the molecule is C(=Cc1ccno1)c1cc[nH]c1. The van der Waals surface area contributed by atoms with Gasteiger partial charge in [-0.1, -0.05) is 5.16 Å². The highest BCUT2D eigenvalue weighted by molar-refractivity contribution is 5.66. The lowest BCUT2D eigenvalue weighted by molar-refractivity contribution is 0.413.